The number of nitrogen functional groups attached to an aromatic ring is 1. The zero-order chi connectivity index (χ0) is 24.0. The first-order chi connectivity index (χ1) is 16.9. The fourth-order valence-electron chi connectivity index (χ4n) is 6.17. The van der Waals surface area contributed by atoms with Gasteiger partial charge in [-0.25, -0.2) is 4.98 Å². The summed E-state index contributed by atoms with van der Waals surface area (Å²) in [6, 6.07) is 7.92. The van der Waals surface area contributed by atoms with E-state index in [1.165, 1.54) is 38.5 Å². The third-order valence-electron chi connectivity index (χ3n) is 8.47. The number of hydrogen-bond donors (Lipinski definition) is 3. The second kappa shape index (κ2) is 9.48. The standard InChI is InChI=1S/C27H32N6O2.ClH/c1-17-2-4-21-24(31-17)19(20(28)15-29-21)6-7-26-8-11-27(12-9-26,13-10-26)30-14-18-3-5-22-25(32-18)33-23(34)16-35-22;/h2-5,15,30H,6-14,16,28H2,1H3,(H,32,33,34);1H. The van der Waals surface area contributed by atoms with E-state index in [9.17, 15) is 4.79 Å². The molecule has 36 heavy (non-hydrogen) atoms. The fraction of sp³-hybridized carbons (Fsp3) is 0.481. The molecule has 190 valence electrons. The highest BCUT2D eigenvalue weighted by Gasteiger charge is 2.48. The molecule has 4 aliphatic rings. The second-order valence-corrected chi connectivity index (χ2v) is 10.6. The van der Waals surface area contributed by atoms with E-state index >= 15 is 0 Å². The number of pyridine rings is 3. The summed E-state index contributed by atoms with van der Waals surface area (Å²) in [5.74, 6) is 1.01. The van der Waals surface area contributed by atoms with Crippen LogP contribution >= 0.6 is 12.4 Å². The van der Waals surface area contributed by atoms with Gasteiger partial charge in [-0.3, -0.25) is 14.8 Å². The SMILES string of the molecule is Cc1ccc2ncc(N)c(CCC34CCC(NCc5ccc6c(n5)NC(=O)CO6)(CC3)CC4)c2n1.Cl. The predicted molar refractivity (Wildman–Crippen MR) is 142 cm³/mol. The van der Waals surface area contributed by atoms with Crippen LogP contribution in [0.3, 0.4) is 0 Å². The molecule has 4 heterocycles. The van der Waals surface area contributed by atoms with Crippen LogP contribution in [0.15, 0.2) is 30.5 Å². The van der Waals surface area contributed by atoms with Crippen molar-refractivity contribution in [3.8, 4) is 5.75 Å². The van der Waals surface area contributed by atoms with Crippen LogP contribution in [-0.4, -0.2) is 33.0 Å². The highest BCUT2D eigenvalue weighted by molar-refractivity contribution is 5.94. The Morgan fingerprint density at radius 3 is 2.64 bits per heavy atom. The molecule has 3 aromatic rings. The maximum atomic E-state index is 11.6. The molecule has 3 fully saturated rings. The highest BCUT2D eigenvalue weighted by Crippen LogP contribution is 2.54. The van der Waals surface area contributed by atoms with Crippen molar-refractivity contribution in [3.63, 3.8) is 0 Å². The van der Waals surface area contributed by atoms with Crippen LogP contribution in [0.2, 0.25) is 0 Å². The average molecular weight is 509 g/mol. The Morgan fingerprint density at radius 1 is 1.08 bits per heavy atom. The molecule has 0 spiro atoms. The summed E-state index contributed by atoms with van der Waals surface area (Å²) in [6.07, 6.45) is 11.1. The van der Waals surface area contributed by atoms with E-state index in [2.05, 4.69) is 20.6 Å². The summed E-state index contributed by atoms with van der Waals surface area (Å²) < 4.78 is 5.43. The van der Waals surface area contributed by atoms with E-state index in [1.807, 2.05) is 31.2 Å². The molecule has 8 nitrogen and oxygen atoms in total. The Bertz CT molecular complexity index is 1280. The topological polar surface area (TPSA) is 115 Å². The molecule has 2 bridgehead atoms. The summed E-state index contributed by atoms with van der Waals surface area (Å²) in [6.45, 7) is 2.77. The fourth-order valence-corrected chi connectivity index (χ4v) is 6.17. The second-order valence-electron chi connectivity index (χ2n) is 10.6. The smallest absolute Gasteiger partial charge is 0.263 e. The number of amides is 1. The van der Waals surface area contributed by atoms with Gasteiger partial charge in [-0.05, 0) is 88.0 Å². The van der Waals surface area contributed by atoms with Crippen molar-refractivity contribution in [2.24, 2.45) is 5.41 Å². The lowest BCUT2D eigenvalue weighted by molar-refractivity contribution is -0.118. The average Bonchev–Trinajstić information content (AvgIpc) is 2.88. The number of rotatable bonds is 6. The van der Waals surface area contributed by atoms with Gasteiger partial charge in [0, 0.05) is 23.3 Å². The van der Waals surface area contributed by atoms with Gasteiger partial charge in [-0.2, -0.15) is 0 Å². The predicted octanol–water partition coefficient (Wildman–Crippen LogP) is 4.48. The lowest BCUT2D eigenvalue weighted by Crippen LogP contribution is -2.54. The Kier molecular flexibility index (Phi) is 6.51. The maximum Gasteiger partial charge on any atom is 0.263 e. The Morgan fingerprint density at radius 2 is 1.86 bits per heavy atom. The van der Waals surface area contributed by atoms with E-state index in [0.717, 1.165) is 46.5 Å². The number of hydrogen-bond acceptors (Lipinski definition) is 7. The molecule has 3 aromatic heterocycles. The van der Waals surface area contributed by atoms with Crippen molar-refractivity contribution in [1.29, 1.82) is 0 Å². The van der Waals surface area contributed by atoms with Gasteiger partial charge in [-0.15, -0.1) is 12.4 Å². The van der Waals surface area contributed by atoms with Crippen LogP contribution in [0.5, 0.6) is 5.75 Å². The van der Waals surface area contributed by atoms with Crippen molar-refractivity contribution in [2.75, 3.05) is 17.7 Å². The first-order valence-electron chi connectivity index (χ1n) is 12.6. The van der Waals surface area contributed by atoms with Crippen LogP contribution < -0.4 is 21.1 Å². The molecule has 4 N–H and O–H groups in total. The van der Waals surface area contributed by atoms with Gasteiger partial charge in [0.2, 0.25) is 0 Å². The van der Waals surface area contributed by atoms with Crippen molar-refractivity contribution >= 4 is 40.9 Å². The number of aromatic nitrogens is 3. The molecular weight excluding hydrogens is 476 g/mol. The number of ether oxygens (including phenoxy) is 1. The minimum absolute atomic E-state index is 0. The van der Waals surface area contributed by atoms with Crippen molar-refractivity contribution in [3.05, 3.63) is 47.4 Å². The van der Waals surface area contributed by atoms with E-state index in [0.29, 0.717) is 23.5 Å². The Labute approximate surface area is 217 Å². The van der Waals surface area contributed by atoms with Gasteiger partial charge in [-0.1, -0.05) is 0 Å². The first kappa shape index (κ1) is 24.7. The summed E-state index contributed by atoms with van der Waals surface area (Å²) in [4.78, 5) is 25.5. The van der Waals surface area contributed by atoms with Crippen LogP contribution in [0, 0.1) is 12.3 Å². The summed E-state index contributed by atoms with van der Waals surface area (Å²) in [5.41, 5.74) is 12.7. The minimum Gasteiger partial charge on any atom is -0.480 e. The molecule has 0 aromatic carbocycles. The summed E-state index contributed by atoms with van der Waals surface area (Å²) in [7, 11) is 0. The molecule has 1 amide bonds. The lowest BCUT2D eigenvalue weighted by Gasteiger charge is -2.54. The van der Waals surface area contributed by atoms with Gasteiger partial charge >= 0.3 is 0 Å². The van der Waals surface area contributed by atoms with Crippen LogP contribution in [0.1, 0.15) is 61.9 Å². The normalized spacial score (nSPS) is 24.5. The Balaban J connectivity index is 0.00000267. The quantitative estimate of drug-likeness (QED) is 0.449. The molecule has 9 heteroatoms. The highest BCUT2D eigenvalue weighted by atomic mass is 35.5. The number of aryl methyl sites for hydroxylation is 2. The number of nitrogens with two attached hydrogens (primary N) is 1. The van der Waals surface area contributed by atoms with E-state index in [1.54, 1.807) is 6.20 Å². The monoisotopic (exact) mass is 508 g/mol. The number of carbonyl (C=O) groups is 1. The number of nitrogens with one attached hydrogen (secondary N) is 2. The number of nitrogens with zero attached hydrogens (tertiary/aromatic N) is 3. The molecule has 7 rings (SSSR count). The van der Waals surface area contributed by atoms with Gasteiger partial charge in [0.15, 0.2) is 18.2 Å². The van der Waals surface area contributed by atoms with Crippen LogP contribution in [0.4, 0.5) is 11.5 Å². The van der Waals surface area contributed by atoms with Crippen molar-refractivity contribution < 1.29 is 9.53 Å². The zero-order valence-corrected chi connectivity index (χ0v) is 21.4. The molecular formula is C27H33ClN6O2. The molecule has 3 aliphatic carbocycles. The first-order valence-corrected chi connectivity index (χ1v) is 12.6. The van der Waals surface area contributed by atoms with Gasteiger partial charge in [0.25, 0.3) is 5.91 Å². The number of halogens is 1. The van der Waals surface area contributed by atoms with Crippen LogP contribution in [0.25, 0.3) is 11.0 Å². The van der Waals surface area contributed by atoms with Gasteiger partial charge < -0.3 is 21.1 Å². The van der Waals surface area contributed by atoms with Crippen molar-refractivity contribution in [1.82, 2.24) is 20.3 Å². The van der Waals surface area contributed by atoms with E-state index in [4.69, 9.17) is 15.5 Å². The molecule has 0 saturated heterocycles. The largest absolute Gasteiger partial charge is 0.480 e. The maximum absolute atomic E-state index is 11.6. The van der Waals surface area contributed by atoms with E-state index < -0.39 is 0 Å². The summed E-state index contributed by atoms with van der Waals surface area (Å²) >= 11 is 0. The molecule has 3 saturated carbocycles. The number of fused-ring (bicyclic) bond motifs is 5. The minimum atomic E-state index is -0.156. The third kappa shape index (κ3) is 4.60. The van der Waals surface area contributed by atoms with Gasteiger partial charge in [0.05, 0.1) is 28.6 Å². The molecule has 0 radical (unpaired) electrons. The Hall–Kier alpha value is -2.97. The third-order valence-corrected chi connectivity index (χ3v) is 8.47. The summed E-state index contributed by atoms with van der Waals surface area (Å²) in [5, 5.41) is 6.63. The molecule has 0 unspecified atom stereocenters. The molecule has 1 aliphatic heterocycles. The van der Waals surface area contributed by atoms with Gasteiger partial charge in [0.1, 0.15) is 0 Å². The zero-order valence-electron chi connectivity index (χ0n) is 20.6. The number of carbonyl (C=O) groups excluding carboxylic acids is 1. The van der Waals surface area contributed by atoms with Crippen LogP contribution in [-0.2, 0) is 17.8 Å². The van der Waals surface area contributed by atoms with E-state index in [-0.39, 0.29) is 30.5 Å². The lowest BCUT2D eigenvalue weighted by atomic mass is 9.55. The number of anilines is 2. The molecule has 0 atom stereocenters. The van der Waals surface area contributed by atoms with Crippen molar-refractivity contribution in [2.45, 2.75) is 70.4 Å².